The number of carboxylic acid groups (broad SMARTS) is 2. The molecule has 0 saturated carbocycles. The lowest BCUT2D eigenvalue weighted by Crippen LogP contribution is -2.46. The van der Waals surface area contributed by atoms with E-state index < -0.39 is 29.9 Å². The van der Waals surface area contributed by atoms with Crippen LogP contribution in [0.15, 0.2) is 0 Å². The van der Waals surface area contributed by atoms with E-state index in [4.69, 9.17) is 20.7 Å². The second-order valence-electron chi connectivity index (χ2n) is 4.10. The molecule has 0 rings (SSSR count). The van der Waals surface area contributed by atoms with Crippen LogP contribution in [-0.2, 0) is 19.1 Å². The Morgan fingerprint density at radius 3 is 2.38 bits per heavy atom. The lowest BCUT2D eigenvalue weighted by atomic mass is 10.1. The molecule has 0 unspecified atom stereocenters. The lowest BCUT2D eigenvalue weighted by Gasteiger charge is -2.14. The molecule has 0 radical (unpaired) electrons. The van der Waals surface area contributed by atoms with Crippen LogP contribution in [0.25, 0.3) is 0 Å². The smallest absolute Gasteiger partial charge is 0.326 e. The predicted octanol–water partition coefficient (Wildman–Crippen LogP) is -1.50. The molecule has 3 amide bonds. The average molecular weight is 305 g/mol. The number of ether oxygens (including phenoxy) is 1. The van der Waals surface area contributed by atoms with Gasteiger partial charge in [-0.25, -0.2) is 9.59 Å². The number of urea groups is 1. The van der Waals surface area contributed by atoms with Gasteiger partial charge in [-0.05, 0) is 12.8 Å². The van der Waals surface area contributed by atoms with Crippen molar-refractivity contribution in [1.82, 2.24) is 10.6 Å². The Kier molecular flexibility index (Phi) is 9.26. The first-order valence-electron chi connectivity index (χ1n) is 6.18. The molecule has 0 saturated heterocycles. The molecule has 10 heteroatoms. The minimum Gasteiger partial charge on any atom is -0.481 e. The van der Waals surface area contributed by atoms with Gasteiger partial charge in [0.2, 0.25) is 5.91 Å². The predicted molar refractivity (Wildman–Crippen MR) is 69.5 cm³/mol. The highest BCUT2D eigenvalue weighted by molar-refractivity contribution is 5.82. The fourth-order valence-electron chi connectivity index (χ4n) is 1.33. The summed E-state index contributed by atoms with van der Waals surface area (Å²) < 4.78 is 4.79. The number of nitrogens with one attached hydrogen (secondary N) is 2. The maximum absolute atomic E-state index is 11.4. The summed E-state index contributed by atoms with van der Waals surface area (Å²) in [5, 5.41) is 21.9. The molecule has 0 aliphatic heterocycles. The summed E-state index contributed by atoms with van der Waals surface area (Å²) in [6.45, 7) is -0.149. The van der Waals surface area contributed by atoms with Crippen molar-refractivity contribution in [2.24, 2.45) is 5.73 Å². The molecule has 0 heterocycles. The lowest BCUT2D eigenvalue weighted by molar-refractivity contribution is -0.140. The number of primary amides is 1. The molecule has 120 valence electrons. The van der Waals surface area contributed by atoms with Crippen LogP contribution in [0.2, 0.25) is 0 Å². The van der Waals surface area contributed by atoms with E-state index in [1.807, 2.05) is 0 Å². The second kappa shape index (κ2) is 10.4. The first kappa shape index (κ1) is 18.6. The van der Waals surface area contributed by atoms with Crippen LogP contribution in [0, 0.1) is 0 Å². The summed E-state index contributed by atoms with van der Waals surface area (Å²) in [7, 11) is 0. The van der Waals surface area contributed by atoms with E-state index in [2.05, 4.69) is 10.6 Å². The van der Waals surface area contributed by atoms with Crippen LogP contribution in [0.5, 0.6) is 0 Å². The maximum Gasteiger partial charge on any atom is 0.326 e. The maximum atomic E-state index is 11.4. The number of carbonyl (C=O) groups excluding carboxylic acids is 2. The number of aliphatic carboxylic acids is 2. The summed E-state index contributed by atoms with van der Waals surface area (Å²) in [6, 6.07) is -1.89. The average Bonchev–Trinajstić information content (AvgIpc) is 2.36. The largest absolute Gasteiger partial charge is 0.481 e. The molecular formula is C11H19N3O7. The zero-order valence-electron chi connectivity index (χ0n) is 11.3. The van der Waals surface area contributed by atoms with Gasteiger partial charge in [-0.15, -0.1) is 0 Å². The number of rotatable bonds is 11. The van der Waals surface area contributed by atoms with E-state index in [9.17, 15) is 19.2 Å². The van der Waals surface area contributed by atoms with E-state index in [1.165, 1.54) is 0 Å². The molecule has 0 bridgehead atoms. The Bertz CT molecular complexity index is 386. The van der Waals surface area contributed by atoms with Gasteiger partial charge in [0.25, 0.3) is 0 Å². The molecular weight excluding hydrogens is 286 g/mol. The van der Waals surface area contributed by atoms with Crippen molar-refractivity contribution in [3.63, 3.8) is 0 Å². The quantitative estimate of drug-likeness (QED) is 0.289. The van der Waals surface area contributed by atoms with Gasteiger partial charge in [-0.2, -0.15) is 0 Å². The van der Waals surface area contributed by atoms with Gasteiger partial charge < -0.3 is 31.3 Å². The molecule has 0 aliphatic carbocycles. The van der Waals surface area contributed by atoms with Crippen molar-refractivity contribution < 1.29 is 34.1 Å². The number of carboxylic acids is 2. The van der Waals surface area contributed by atoms with E-state index in [1.54, 1.807) is 0 Å². The molecule has 21 heavy (non-hydrogen) atoms. The summed E-state index contributed by atoms with van der Waals surface area (Å²) in [4.78, 5) is 43.0. The molecule has 0 aromatic carbocycles. The van der Waals surface area contributed by atoms with Crippen molar-refractivity contribution in [2.75, 3.05) is 19.8 Å². The number of carbonyl (C=O) groups is 4. The van der Waals surface area contributed by atoms with E-state index in [0.29, 0.717) is 0 Å². The van der Waals surface area contributed by atoms with Gasteiger partial charge in [0.1, 0.15) is 12.6 Å². The first-order chi connectivity index (χ1) is 9.82. The van der Waals surface area contributed by atoms with Crippen molar-refractivity contribution >= 4 is 23.9 Å². The zero-order valence-corrected chi connectivity index (χ0v) is 11.3. The normalized spacial score (nSPS) is 11.4. The highest BCUT2D eigenvalue weighted by Gasteiger charge is 2.19. The molecule has 6 N–H and O–H groups in total. The van der Waals surface area contributed by atoms with Gasteiger partial charge >= 0.3 is 18.0 Å². The SMILES string of the molecule is NC(=O)COCCNC(=O)N[C@H](CCCC(=O)O)C(=O)O. The van der Waals surface area contributed by atoms with Crippen molar-refractivity contribution in [1.29, 1.82) is 0 Å². The van der Waals surface area contributed by atoms with Crippen LogP contribution < -0.4 is 16.4 Å². The van der Waals surface area contributed by atoms with Crippen LogP contribution in [0.3, 0.4) is 0 Å². The first-order valence-corrected chi connectivity index (χ1v) is 6.18. The highest BCUT2D eigenvalue weighted by atomic mass is 16.5. The molecule has 0 aromatic rings. The van der Waals surface area contributed by atoms with Crippen LogP contribution in [0.4, 0.5) is 4.79 Å². The fourth-order valence-corrected chi connectivity index (χ4v) is 1.33. The van der Waals surface area contributed by atoms with Crippen molar-refractivity contribution in [3.05, 3.63) is 0 Å². The Labute approximate surface area is 120 Å². The number of amides is 3. The van der Waals surface area contributed by atoms with Crippen LogP contribution in [0.1, 0.15) is 19.3 Å². The topological polar surface area (TPSA) is 168 Å². The van der Waals surface area contributed by atoms with Gasteiger partial charge in [0, 0.05) is 13.0 Å². The molecule has 0 aromatic heterocycles. The third-order valence-electron chi connectivity index (χ3n) is 2.26. The Morgan fingerprint density at radius 1 is 1.19 bits per heavy atom. The molecule has 0 fully saturated rings. The third-order valence-corrected chi connectivity index (χ3v) is 2.26. The fraction of sp³-hybridized carbons (Fsp3) is 0.636. The zero-order chi connectivity index (χ0) is 16.3. The second-order valence-corrected chi connectivity index (χ2v) is 4.10. The monoisotopic (exact) mass is 305 g/mol. The summed E-state index contributed by atoms with van der Waals surface area (Å²) >= 11 is 0. The highest BCUT2D eigenvalue weighted by Crippen LogP contribution is 2.01. The molecule has 10 nitrogen and oxygen atoms in total. The van der Waals surface area contributed by atoms with E-state index in [0.717, 1.165) is 0 Å². The number of hydrogen-bond donors (Lipinski definition) is 5. The minimum atomic E-state index is -1.25. The van der Waals surface area contributed by atoms with Crippen LogP contribution >= 0.6 is 0 Å². The molecule has 1 atom stereocenters. The standard InChI is InChI=1S/C11H19N3O7/c12-8(15)6-21-5-4-13-11(20)14-7(10(18)19)2-1-3-9(16)17/h7H,1-6H2,(H2,12,15)(H,16,17)(H,18,19)(H2,13,14,20)/t7-/m1/s1. The summed E-state index contributed by atoms with van der Waals surface area (Å²) in [5.41, 5.74) is 4.83. The van der Waals surface area contributed by atoms with E-state index >= 15 is 0 Å². The summed E-state index contributed by atoms with van der Waals surface area (Å²) in [6.07, 6.45) is -0.0322. The Morgan fingerprint density at radius 2 is 1.86 bits per heavy atom. The van der Waals surface area contributed by atoms with Gasteiger partial charge in [0.05, 0.1) is 6.61 Å². The van der Waals surface area contributed by atoms with Crippen LogP contribution in [-0.4, -0.2) is 59.9 Å². The number of nitrogens with two attached hydrogens (primary N) is 1. The molecule has 0 spiro atoms. The number of hydrogen-bond acceptors (Lipinski definition) is 5. The Balaban J connectivity index is 3.92. The van der Waals surface area contributed by atoms with Crippen molar-refractivity contribution in [2.45, 2.75) is 25.3 Å². The van der Waals surface area contributed by atoms with E-state index in [-0.39, 0.29) is 39.0 Å². The van der Waals surface area contributed by atoms with Gasteiger partial charge in [-0.1, -0.05) is 0 Å². The third kappa shape index (κ3) is 11.2. The molecule has 0 aliphatic rings. The summed E-state index contributed by atoms with van der Waals surface area (Å²) in [5.74, 6) is -2.92. The van der Waals surface area contributed by atoms with Gasteiger partial charge in [-0.3, -0.25) is 9.59 Å². The Hall–Kier alpha value is -2.36. The minimum absolute atomic E-state index is 0.00717. The van der Waals surface area contributed by atoms with Crippen molar-refractivity contribution in [3.8, 4) is 0 Å². The van der Waals surface area contributed by atoms with Gasteiger partial charge in [0.15, 0.2) is 0 Å².